The summed E-state index contributed by atoms with van der Waals surface area (Å²) in [5.41, 5.74) is 0. The minimum absolute atomic E-state index is 0. The molecule has 29 heteroatoms. The van der Waals surface area contributed by atoms with Crippen molar-refractivity contribution < 1.29 is 76.2 Å². The first-order valence-corrected chi connectivity index (χ1v) is 6.11. The monoisotopic (exact) mass is 527 g/mol. The summed E-state index contributed by atoms with van der Waals surface area (Å²) in [7, 11) is -3.67. The third-order valence-electron chi connectivity index (χ3n) is 0. The molecule has 181 valence electrons. The average molecular weight is 527 g/mol. The van der Waals surface area contributed by atoms with E-state index in [0.29, 0.717) is 6.26 Å². The number of hydrogen-bond acceptors (Lipinski definition) is 17. The third kappa shape index (κ3) is 633. The van der Waals surface area contributed by atoms with Crippen LogP contribution in [0.1, 0.15) is 0 Å². The fourth-order valence-corrected chi connectivity index (χ4v) is 0. The summed E-state index contributed by atoms with van der Waals surface area (Å²) in [5, 5.41) is 85.2. The zero-order valence-electron chi connectivity index (χ0n) is 13.2. The molecule has 0 aromatic carbocycles. The molecule has 0 saturated heterocycles. The first-order chi connectivity index (χ1) is 12.4. The van der Waals surface area contributed by atoms with Crippen LogP contribution in [-0.4, -0.2) is 65.4 Å². The van der Waals surface area contributed by atoms with Crippen molar-refractivity contribution in [1.82, 2.24) is 0 Å². The Kier molecular flexibility index (Phi) is 59.5. The second-order valence-electron chi connectivity index (χ2n) is 2.12. The quantitative estimate of drug-likeness (QED) is 0.112. The van der Waals surface area contributed by atoms with Gasteiger partial charge in [0.25, 0.3) is 25.4 Å². The van der Waals surface area contributed by atoms with Crippen LogP contribution in [0.2, 0.25) is 0 Å². The molecule has 0 bridgehead atoms. The Morgan fingerprint density at radius 1 is 0.533 bits per heavy atom. The minimum atomic E-state index is -3.67. The largest absolute Gasteiger partial charge is 3.00 e. The summed E-state index contributed by atoms with van der Waals surface area (Å²) < 4.78 is 25.9. The molecule has 0 rings (SSSR count). The summed E-state index contributed by atoms with van der Waals surface area (Å²) in [6.07, 6.45) is 0.715. The van der Waals surface area contributed by atoms with Gasteiger partial charge in [-0.3, -0.25) is 4.55 Å². The van der Waals surface area contributed by atoms with E-state index in [1.54, 1.807) is 0 Å². The van der Waals surface area contributed by atoms with Crippen LogP contribution < -0.4 is 0 Å². The molecule has 4 N–H and O–H groups in total. The van der Waals surface area contributed by atoms with E-state index in [0.717, 1.165) is 0 Å². The molecule has 0 aromatic heterocycles. The summed E-state index contributed by atoms with van der Waals surface area (Å²) in [6.45, 7) is 0. The summed E-state index contributed by atoms with van der Waals surface area (Å²) in [5.74, 6) is 0. The molecule has 1 radical (unpaired) electrons. The van der Waals surface area contributed by atoms with Gasteiger partial charge in [-0.15, -0.1) is 30.3 Å². The molecule has 0 spiro atoms. The van der Waals surface area contributed by atoms with Gasteiger partial charge in [0.05, 0.1) is 21.5 Å². The maximum atomic E-state index is 9.19. The predicted octanol–water partition coefficient (Wildman–Crippen LogP) is -2.26. The Morgan fingerprint density at radius 2 is 0.533 bits per heavy atom. The van der Waals surface area contributed by atoms with E-state index < -0.39 is 40.6 Å². The first kappa shape index (κ1) is 50.0. The van der Waals surface area contributed by atoms with Crippen molar-refractivity contribution in [3.05, 3.63) is 76.3 Å². The molecule has 27 nitrogen and oxygen atoms in total. The van der Waals surface area contributed by atoms with E-state index >= 15 is 0 Å². The molecular formula is CH7FeN6O21S. The standard InChI is InChI=1S/CH4O3S.Fe.3HNO3.3NO3/c1-5(2,3)4;;6*2-1(3)4/h1H3,(H,2,3,4);;3*(H,2,3,4);;;/q;+3;;;;3*-1. The Bertz CT molecular complexity index is 443. The van der Waals surface area contributed by atoms with Crippen molar-refractivity contribution in [3.63, 3.8) is 0 Å². The van der Waals surface area contributed by atoms with Gasteiger partial charge in [-0.25, -0.2) is 0 Å². The van der Waals surface area contributed by atoms with E-state index in [-0.39, 0.29) is 17.1 Å². The van der Waals surface area contributed by atoms with Crippen LogP contribution in [0.3, 0.4) is 0 Å². The Hall–Kier alpha value is -4.37. The van der Waals surface area contributed by atoms with Gasteiger partial charge < -0.3 is 61.6 Å². The fourth-order valence-electron chi connectivity index (χ4n) is 0. The maximum Gasteiger partial charge on any atom is 3.00 e. The smallest absolute Gasteiger partial charge is 0.356 e. The SMILES string of the molecule is CS(=O)(=O)O.O=[N+]([O-])O.O=[N+]([O-])O.O=[N+]([O-])O.O=[N+]([O-])[O-].O=[N+]([O-])[O-].O=[N+]([O-])[O-].[Fe+3]. The second-order valence-corrected chi connectivity index (χ2v) is 3.58. The van der Waals surface area contributed by atoms with Crippen molar-refractivity contribution in [2.75, 3.05) is 6.26 Å². The Balaban J connectivity index is -0.0000000313. The zero-order valence-corrected chi connectivity index (χ0v) is 15.1. The number of hydrogen-bond donors (Lipinski definition) is 4. The van der Waals surface area contributed by atoms with Crippen molar-refractivity contribution in [2.24, 2.45) is 0 Å². The summed E-state index contributed by atoms with van der Waals surface area (Å²) in [4.78, 5) is 49.8. The molecule has 0 aliphatic rings. The van der Waals surface area contributed by atoms with Gasteiger partial charge >= 0.3 is 17.1 Å². The fraction of sp³-hybridized carbons (Fsp3) is 1.00. The van der Waals surface area contributed by atoms with Crippen molar-refractivity contribution in [1.29, 1.82) is 0 Å². The topological polar surface area (TPSA) is 443 Å². The van der Waals surface area contributed by atoms with Gasteiger partial charge in [-0.1, -0.05) is 0 Å². The van der Waals surface area contributed by atoms with Gasteiger partial charge in [-0.05, 0) is 0 Å². The van der Waals surface area contributed by atoms with Crippen LogP contribution in [0.4, 0.5) is 0 Å². The van der Waals surface area contributed by atoms with E-state index in [9.17, 15) is 8.42 Å². The van der Waals surface area contributed by atoms with Gasteiger partial charge in [0.2, 0.25) is 0 Å². The zero-order chi connectivity index (χ0) is 26.0. The van der Waals surface area contributed by atoms with Crippen molar-refractivity contribution in [2.45, 2.75) is 0 Å². The summed E-state index contributed by atoms with van der Waals surface area (Å²) in [6, 6.07) is 0. The van der Waals surface area contributed by atoms with Gasteiger partial charge in [0.1, 0.15) is 0 Å². The first-order valence-electron chi connectivity index (χ1n) is 4.26. The minimum Gasteiger partial charge on any atom is -0.356 e. The third-order valence-corrected chi connectivity index (χ3v) is 0. The number of rotatable bonds is 0. The van der Waals surface area contributed by atoms with Gasteiger partial charge in [-0.2, -0.15) is 8.42 Å². The molecule has 0 saturated carbocycles. The van der Waals surface area contributed by atoms with Gasteiger partial charge in [0.15, 0.2) is 0 Å². The van der Waals surface area contributed by atoms with E-state index in [1.807, 2.05) is 0 Å². The molecule has 0 fully saturated rings. The van der Waals surface area contributed by atoms with E-state index in [4.69, 9.17) is 96.5 Å². The maximum absolute atomic E-state index is 9.19. The van der Waals surface area contributed by atoms with Crippen molar-refractivity contribution in [3.8, 4) is 0 Å². The Morgan fingerprint density at radius 3 is 0.533 bits per heavy atom. The average Bonchev–Trinajstić information content (AvgIpc) is 2.18. The summed E-state index contributed by atoms with van der Waals surface area (Å²) >= 11 is 0. The normalized spacial score (nSPS) is 6.73. The molecule has 0 aliphatic heterocycles. The van der Waals surface area contributed by atoms with Crippen LogP contribution in [0.5, 0.6) is 0 Å². The van der Waals surface area contributed by atoms with Crippen LogP contribution in [0, 0.1) is 76.3 Å². The molecular weight excluding hydrogens is 520 g/mol. The predicted molar refractivity (Wildman–Crippen MR) is 74.9 cm³/mol. The van der Waals surface area contributed by atoms with Crippen LogP contribution >= 0.6 is 0 Å². The molecule has 0 aliphatic carbocycles. The Labute approximate surface area is 169 Å². The molecule has 0 amide bonds. The van der Waals surface area contributed by atoms with Crippen LogP contribution in [-0.2, 0) is 27.2 Å². The van der Waals surface area contributed by atoms with Crippen molar-refractivity contribution >= 4 is 10.1 Å². The van der Waals surface area contributed by atoms with Crippen LogP contribution in [0.15, 0.2) is 0 Å². The molecule has 0 aromatic rings. The number of nitrogens with zero attached hydrogens (tertiary/aromatic N) is 6. The molecule has 0 heterocycles. The molecule has 0 unspecified atom stereocenters. The molecule has 0 atom stereocenters. The second kappa shape index (κ2) is 35.7. The van der Waals surface area contributed by atoms with Gasteiger partial charge in [0, 0.05) is 0 Å². The van der Waals surface area contributed by atoms with E-state index in [1.165, 1.54) is 0 Å². The van der Waals surface area contributed by atoms with Crippen LogP contribution in [0.25, 0.3) is 0 Å². The van der Waals surface area contributed by atoms with E-state index in [2.05, 4.69) is 0 Å². The molecule has 30 heavy (non-hydrogen) atoms.